The van der Waals surface area contributed by atoms with Crippen molar-refractivity contribution >= 4 is 55.6 Å². The van der Waals surface area contributed by atoms with Gasteiger partial charge in [-0.05, 0) is 102 Å². The molecule has 2 nitrogen and oxygen atoms in total. The van der Waals surface area contributed by atoms with E-state index >= 15 is 0 Å². The Bertz CT molecular complexity index is 3180. The van der Waals surface area contributed by atoms with E-state index in [9.17, 15) is 0 Å². The topological polar surface area (TPSA) is 26.3 Å². The van der Waals surface area contributed by atoms with Gasteiger partial charge in [0.05, 0.1) is 0 Å². The molecule has 4 aliphatic carbocycles. The van der Waals surface area contributed by atoms with Gasteiger partial charge in [0.25, 0.3) is 0 Å². The molecule has 9 aromatic rings. The lowest BCUT2D eigenvalue weighted by atomic mass is 9.78. The summed E-state index contributed by atoms with van der Waals surface area (Å²) in [5.41, 5.74) is 14.0. The van der Waals surface area contributed by atoms with Crippen molar-refractivity contribution < 1.29 is 8.83 Å². The molecule has 0 amide bonds. The highest BCUT2D eigenvalue weighted by Crippen LogP contribution is 2.48. The zero-order chi connectivity index (χ0) is 39.3. The number of hydrogen-bond acceptors (Lipinski definition) is 2. The fourth-order valence-corrected chi connectivity index (χ4v) is 10.6. The quantitative estimate of drug-likeness (QED) is 0.167. The Morgan fingerprint density at radius 1 is 0.317 bits per heavy atom. The van der Waals surface area contributed by atoms with Crippen molar-refractivity contribution in [2.75, 3.05) is 0 Å². The predicted octanol–water partition coefficient (Wildman–Crippen LogP) is 15.9. The van der Waals surface area contributed by atoms with E-state index in [1.165, 1.54) is 76.8 Å². The Morgan fingerprint density at radius 3 is 1.17 bits per heavy atom. The maximum Gasteiger partial charge on any atom is 0.135 e. The second-order valence-electron chi connectivity index (χ2n) is 16.6. The summed E-state index contributed by atoms with van der Waals surface area (Å²) in [5.74, 6) is 3.33. The molecule has 0 saturated heterocycles. The molecule has 2 heteroatoms. The zero-order valence-corrected chi connectivity index (χ0v) is 32.8. The van der Waals surface area contributed by atoms with Crippen LogP contribution in [0.1, 0.15) is 34.5 Å². The third-order valence-electron chi connectivity index (χ3n) is 13.4. The second-order valence-corrected chi connectivity index (χ2v) is 16.6. The van der Waals surface area contributed by atoms with Crippen LogP contribution in [0.15, 0.2) is 203 Å². The van der Waals surface area contributed by atoms with Crippen molar-refractivity contribution in [2.24, 2.45) is 11.8 Å². The van der Waals surface area contributed by atoms with Crippen molar-refractivity contribution in [2.45, 2.75) is 11.8 Å². The van der Waals surface area contributed by atoms with E-state index in [4.69, 9.17) is 8.83 Å². The summed E-state index contributed by atoms with van der Waals surface area (Å²) in [6, 6.07) is 49.3. The molecule has 0 bridgehead atoms. The van der Waals surface area contributed by atoms with Gasteiger partial charge in [0.1, 0.15) is 22.7 Å². The monoisotopic (exact) mass is 766 g/mol. The van der Waals surface area contributed by atoms with Crippen molar-refractivity contribution in [3.05, 3.63) is 217 Å². The first-order chi connectivity index (χ1) is 29.7. The lowest BCUT2D eigenvalue weighted by Gasteiger charge is -2.24. The van der Waals surface area contributed by atoms with E-state index in [0.29, 0.717) is 23.7 Å². The fourth-order valence-electron chi connectivity index (χ4n) is 10.6. The van der Waals surface area contributed by atoms with Gasteiger partial charge in [-0.3, -0.25) is 0 Å². The van der Waals surface area contributed by atoms with E-state index in [1.54, 1.807) is 0 Å². The largest absolute Gasteiger partial charge is 0.456 e. The van der Waals surface area contributed by atoms with Crippen LogP contribution in [0.4, 0.5) is 0 Å². The molecule has 0 spiro atoms. The summed E-state index contributed by atoms with van der Waals surface area (Å²) in [6.45, 7) is 0. The number of fused-ring (bicyclic) bond motifs is 12. The van der Waals surface area contributed by atoms with Crippen LogP contribution >= 0.6 is 0 Å². The van der Waals surface area contributed by atoms with Gasteiger partial charge in [-0.25, -0.2) is 0 Å². The number of rotatable bonds is 4. The number of allylic oxidation sites excluding steroid dienone is 10. The first-order valence-corrected chi connectivity index (χ1v) is 21.1. The van der Waals surface area contributed by atoms with Crippen LogP contribution in [-0.4, -0.2) is 0 Å². The Kier molecular flexibility index (Phi) is 7.29. The van der Waals surface area contributed by atoms with Crippen molar-refractivity contribution in [1.29, 1.82) is 0 Å². The lowest BCUT2D eigenvalue weighted by Crippen LogP contribution is -2.12. The summed E-state index contributed by atoms with van der Waals surface area (Å²) >= 11 is 0. The molecule has 0 aliphatic heterocycles. The number of hydrogen-bond donors (Lipinski definition) is 0. The van der Waals surface area contributed by atoms with E-state index in [1.807, 2.05) is 0 Å². The maximum absolute atomic E-state index is 6.52. The summed E-state index contributed by atoms with van der Waals surface area (Å²) in [6.07, 6.45) is 26.6. The van der Waals surface area contributed by atoms with Crippen LogP contribution in [0.3, 0.4) is 0 Å². The average Bonchev–Trinajstić information content (AvgIpc) is 3.89. The molecule has 60 heavy (non-hydrogen) atoms. The van der Waals surface area contributed by atoms with Gasteiger partial charge in [-0.15, -0.1) is 0 Å². The third-order valence-corrected chi connectivity index (χ3v) is 13.4. The maximum atomic E-state index is 6.52. The van der Waals surface area contributed by atoms with Gasteiger partial charge in [0, 0.05) is 45.6 Å². The standard InChI is InChI=1S/C58H38O2/c1-3-17-43-35(11-1)25-29-51-57(43)49-27-23-39(33-53(49)59-51)37-13-9-15-41(31-37)55-45-19-5-7-21-47(45)56(48-22-8-6-20-46(48)55)42-16-10-14-38(32-42)40-24-28-50-54(34-40)60-52-30-26-36-12-2-4-18-44(36)58(50)52/h1-36,43-44H. The van der Waals surface area contributed by atoms with Gasteiger partial charge in [0.2, 0.25) is 0 Å². The molecule has 2 heterocycles. The molecule has 2 aromatic heterocycles. The minimum absolute atomic E-state index is 0.312. The molecular formula is C58H38O2. The van der Waals surface area contributed by atoms with Crippen LogP contribution in [0.25, 0.3) is 100 Å². The highest BCUT2D eigenvalue weighted by Gasteiger charge is 2.30. The normalized spacial score (nSPS) is 19.6. The molecular weight excluding hydrogens is 729 g/mol. The summed E-state index contributed by atoms with van der Waals surface area (Å²) in [5, 5.41) is 7.34. The van der Waals surface area contributed by atoms with Gasteiger partial charge in [-0.1, -0.05) is 170 Å². The Morgan fingerprint density at radius 2 is 0.717 bits per heavy atom. The molecule has 4 unspecified atom stereocenters. The Balaban J connectivity index is 0.912. The SMILES string of the molecule is C1=CC2C=Cc3oc4cc(-c5cccc(-c6c7ccccc7c(-c7cccc(-c8ccc9c%10c(oc9c8)C=CC8C=CC=CC%108)c7)c7ccccc67)c5)ccc4c3C2C=C1. The molecule has 0 saturated carbocycles. The van der Waals surface area contributed by atoms with Gasteiger partial charge < -0.3 is 8.83 Å². The van der Waals surface area contributed by atoms with Gasteiger partial charge in [0.15, 0.2) is 0 Å². The number of furan rings is 2. The van der Waals surface area contributed by atoms with Crippen molar-refractivity contribution in [3.63, 3.8) is 0 Å². The molecule has 4 atom stereocenters. The molecule has 282 valence electrons. The fraction of sp³-hybridized carbons (Fsp3) is 0.0690. The summed E-state index contributed by atoms with van der Waals surface area (Å²) < 4.78 is 13.0. The first-order valence-electron chi connectivity index (χ1n) is 21.1. The van der Waals surface area contributed by atoms with E-state index < -0.39 is 0 Å². The van der Waals surface area contributed by atoms with Crippen LogP contribution < -0.4 is 0 Å². The first kappa shape index (κ1) is 33.5. The van der Waals surface area contributed by atoms with Crippen molar-refractivity contribution in [1.82, 2.24) is 0 Å². The number of benzene rings is 7. The molecule has 4 aliphatic rings. The van der Waals surface area contributed by atoms with Crippen LogP contribution in [0.2, 0.25) is 0 Å². The molecule has 13 rings (SSSR count). The molecule has 0 radical (unpaired) electrons. The van der Waals surface area contributed by atoms with Crippen LogP contribution in [-0.2, 0) is 0 Å². The third kappa shape index (κ3) is 5.07. The Labute approximate surface area is 348 Å². The highest BCUT2D eigenvalue weighted by molar-refractivity contribution is 6.21. The predicted molar refractivity (Wildman–Crippen MR) is 250 cm³/mol. The van der Waals surface area contributed by atoms with E-state index in [0.717, 1.165) is 33.8 Å². The van der Waals surface area contributed by atoms with E-state index in [2.05, 4.69) is 206 Å². The average molecular weight is 767 g/mol. The summed E-state index contributed by atoms with van der Waals surface area (Å²) in [4.78, 5) is 0. The smallest absolute Gasteiger partial charge is 0.135 e. The van der Waals surface area contributed by atoms with Crippen molar-refractivity contribution in [3.8, 4) is 44.5 Å². The van der Waals surface area contributed by atoms with Gasteiger partial charge in [-0.2, -0.15) is 0 Å². The Hall–Kier alpha value is -7.42. The zero-order valence-electron chi connectivity index (χ0n) is 32.8. The van der Waals surface area contributed by atoms with Crippen LogP contribution in [0, 0.1) is 11.8 Å². The highest BCUT2D eigenvalue weighted by atomic mass is 16.3. The van der Waals surface area contributed by atoms with E-state index in [-0.39, 0.29) is 0 Å². The lowest BCUT2D eigenvalue weighted by molar-refractivity contribution is 0.578. The molecule has 7 aromatic carbocycles. The summed E-state index contributed by atoms with van der Waals surface area (Å²) in [7, 11) is 0. The minimum atomic E-state index is 0.312. The molecule has 0 fully saturated rings. The van der Waals surface area contributed by atoms with Crippen LogP contribution in [0.5, 0.6) is 0 Å². The van der Waals surface area contributed by atoms with Gasteiger partial charge >= 0.3 is 0 Å². The molecule has 0 N–H and O–H groups in total. The minimum Gasteiger partial charge on any atom is -0.456 e. The second kappa shape index (κ2) is 13.0.